The summed E-state index contributed by atoms with van der Waals surface area (Å²) < 4.78 is 10.5. The molecule has 1 saturated heterocycles. The fourth-order valence-corrected chi connectivity index (χ4v) is 3.08. The number of nitrogens with zero attached hydrogens (tertiary/aromatic N) is 4. The summed E-state index contributed by atoms with van der Waals surface area (Å²) in [5.41, 5.74) is 0.257. The number of hydrogen-bond donors (Lipinski definition) is 1. The number of carbonyl (C=O) groups is 2. The van der Waals surface area contributed by atoms with E-state index in [0.29, 0.717) is 18.2 Å². The molecule has 27 heavy (non-hydrogen) atoms. The summed E-state index contributed by atoms with van der Waals surface area (Å²) in [6.45, 7) is 0.734. The number of benzene rings is 1. The molecule has 1 aliphatic rings. The molecule has 9 heteroatoms. The number of amides is 1. The molecule has 1 aliphatic heterocycles. The van der Waals surface area contributed by atoms with E-state index in [4.69, 9.17) is 9.47 Å². The zero-order chi connectivity index (χ0) is 19.4. The third-order valence-electron chi connectivity index (χ3n) is 4.39. The summed E-state index contributed by atoms with van der Waals surface area (Å²) >= 11 is 0. The minimum Gasteiger partial charge on any atom is -0.493 e. The minimum absolute atomic E-state index is 0.0946. The maximum Gasteiger partial charge on any atom is 0.328 e. The molecule has 0 radical (unpaired) electrons. The second-order valence-electron chi connectivity index (χ2n) is 5.89. The van der Waals surface area contributed by atoms with Crippen molar-refractivity contribution in [2.24, 2.45) is 0 Å². The number of rotatable bonds is 5. The minimum atomic E-state index is -1.09. The largest absolute Gasteiger partial charge is 0.493 e. The lowest BCUT2D eigenvalue weighted by Crippen LogP contribution is -2.58. The highest BCUT2D eigenvalue weighted by Gasteiger charge is 2.37. The standard InChI is InChI=1S/C18H20N4O5/c1-26-14-6-3-5-12(15(14)27-2)16(23)22-10-9-21(11-13(22)17(24)25)18-19-7-4-8-20-18/h3-8,13H,9-11H2,1-2H3,(H,24,25)/t13-/m0/s1. The summed E-state index contributed by atoms with van der Waals surface area (Å²) in [4.78, 5) is 36.3. The van der Waals surface area contributed by atoms with Crippen molar-refractivity contribution in [3.8, 4) is 11.5 Å². The molecule has 0 bridgehead atoms. The highest BCUT2D eigenvalue weighted by Crippen LogP contribution is 2.32. The Labute approximate surface area is 156 Å². The van der Waals surface area contributed by atoms with Gasteiger partial charge in [0.05, 0.1) is 26.3 Å². The number of piperazine rings is 1. The average Bonchev–Trinajstić information content (AvgIpc) is 2.72. The van der Waals surface area contributed by atoms with E-state index >= 15 is 0 Å². The molecule has 0 unspecified atom stereocenters. The molecule has 2 aromatic rings. The van der Waals surface area contributed by atoms with E-state index in [1.54, 1.807) is 41.6 Å². The van der Waals surface area contributed by atoms with Crippen LogP contribution in [0.1, 0.15) is 10.4 Å². The number of aromatic nitrogens is 2. The van der Waals surface area contributed by atoms with Crippen molar-refractivity contribution >= 4 is 17.8 Å². The smallest absolute Gasteiger partial charge is 0.328 e. The maximum absolute atomic E-state index is 13.1. The Hall–Kier alpha value is -3.36. The normalized spacial score (nSPS) is 16.7. The third kappa shape index (κ3) is 3.62. The van der Waals surface area contributed by atoms with Crippen molar-refractivity contribution < 1.29 is 24.2 Å². The number of para-hydroxylation sites is 1. The van der Waals surface area contributed by atoms with Crippen LogP contribution in [0.4, 0.5) is 5.95 Å². The van der Waals surface area contributed by atoms with Gasteiger partial charge in [-0.3, -0.25) is 4.79 Å². The fourth-order valence-electron chi connectivity index (χ4n) is 3.08. The van der Waals surface area contributed by atoms with Crippen LogP contribution in [0.15, 0.2) is 36.7 Å². The predicted octanol–water partition coefficient (Wildman–Crippen LogP) is 0.909. The monoisotopic (exact) mass is 372 g/mol. The lowest BCUT2D eigenvalue weighted by Gasteiger charge is -2.39. The van der Waals surface area contributed by atoms with Crippen molar-refractivity contribution in [1.82, 2.24) is 14.9 Å². The fraction of sp³-hybridized carbons (Fsp3) is 0.333. The van der Waals surface area contributed by atoms with Gasteiger partial charge in [-0.05, 0) is 18.2 Å². The van der Waals surface area contributed by atoms with Gasteiger partial charge in [-0.25, -0.2) is 14.8 Å². The Morgan fingerprint density at radius 3 is 2.48 bits per heavy atom. The van der Waals surface area contributed by atoms with Crippen LogP contribution in [0.25, 0.3) is 0 Å². The van der Waals surface area contributed by atoms with Crippen molar-refractivity contribution in [2.45, 2.75) is 6.04 Å². The molecular weight excluding hydrogens is 352 g/mol. The van der Waals surface area contributed by atoms with Gasteiger partial charge >= 0.3 is 5.97 Å². The van der Waals surface area contributed by atoms with Crippen LogP contribution in [0.3, 0.4) is 0 Å². The summed E-state index contributed by atoms with van der Waals surface area (Å²) in [6, 6.07) is 5.58. The molecule has 1 fully saturated rings. The van der Waals surface area contributed by atoms with Gasteiger partial charge in [0.15, 0.2) is 11.5 Å². The molecule has 142 valence electrons. The number of aliphatic carboxylic acids is 1. The molecule has 3 rings (SSSR count). The van der Waals surface area contributed by atoms with Gasteiger partial charge in [0.1, 0.15) is 6.04 Å². The van der Waals surface area contributed by atoms with Gasteiger partial charge in [-0.2, -0.15) is 0 Å². The van der Waals surface area contributed by atoms with Crippen molar-refractivity contribution in [1.29, 1.82) is 0 Å². The highest BCUT2D eigenvalue weighted by atomic mass is 16.5. The Morgan fingerprint density at radius 1 is 1.11 bits per heavy atom. The number of carboxylic acid groups (broad SMARTS) is 1. The maximum atomic E-state index is 13.1. The number of anilines is 1. The topological polar surface area (TPSA) is 105 Å². The molecule has 1 aromatic carbocycles. The number of hydrogen-bond acceptors (Lipinski definition) is 7. The molecule has 1 amide bonds. The highest BCUT2D eigenvalue weighted by molar-refractivity contribution is 6.00. The lowest BCUT2D eigenvalue weighted by atomic mass is 10.1. The van der Waals surface area contributed by atoms with Crippen LogP contribution in [0.2, 0.25) is 0 Å². The molecule has 0 saturated carbocycles. The van der Waals surface area contributed by atoms with E-state index < -0.39 is 17.9 Å². The lowest BCUT2D eigenvalue weighted by molar-refractivity contribution is -0.142. The van der Waals surface area contributed by atoms with Gasteiger partial charge < -0.3 is 24.4 Å². The van der Waals surface area contributed by atoms with E-state index in [9.17, 15) is 14.7 Å². The zero-order valence-corrected chi connectivity index (χ0v) is 15.0. The number of carbonyl (C=O) groups excluding carboxylic acids is 1. The average molecular weight is 372 g/mol. The van der Waals surface area contributed by atoms with Crippen LogP contribution in [0, 0.1) is 0 Å². The molecule has 2 heterocycles. The van der Waals surface area contributed by atoms with E-state index in [0.717, 1.165) is 0 Å². The van der Waals surface area contributed by atoms with Gasteiger partial charge in [0, 0.05) is 25.5 Å². The first-order valence-electron chi connectivity index (χ1n) is 8.33. The second kappa shape index (κ2) is 7.90. The Kier molecular flexibility index (Phi) is 5.39. The van der Waals surface area contributed by atoms with Crippen molar-refractivity contribution in [2.75, 3.05) is 38.8 Å². The summed E-state index contributed by atoms with van der Waals surface area (Å²) in [5.74, 6) is -0.387. The van der Waals surface area contributed by atoms with E-state index in [1.807, 2.05) is 0 Å². The Balaban J connectivity index is 1.88. The third-order valence-corrected chi connectivity index (χ3v) is 4.39. The van der Waals surface area contributed by atoms with Crippen LogP contribution >= 0.6 is 0 Å². The van der Waals surface area contributed by atoms with Crippen LogP contribution < -0.4 is 14.4 Å². The van der Waals surface area contributed by atoms with Gasteiger partial charge in [0.2, 0.25) is 5.95 Å². The van der Waals surface area contributed by atoms with E-state index in [2.05, 4.69) is 9.97 Å². The van der Waals surface area contributed by atoms with Crippen LogP contribution in [-0.2, 0) is 4.79 Å². The first-order chi connectivity index (χ1) is 13.1. The Morgan fingerprint density at radius 2 is 1.85 bits per heavy atom. The first-order valence-corrected chi connectivity index (χ1v) is 8.33. The number of methoxy groups -OCH3 is 2. The molecule has 0 aliphatic carbocycles. The van der Waals surface area contributed by atoms with Gasteiger partial charge in [-0.15, -0.1) is 0 Å². The molecular formula is C18H20N4O5. The quantitative estimate of drug-likeness (QED) is 0.826. The Bertz CT molecular complexity index is 830. The van der Waals surface area contributed by atoms with Crippen LogP contribution in [0.5, 0.6) is 11.5 Å². The predicted molar refractivity (Wildman–Crippen MR) is 96.3 cm³/mol. The van der Waals surface area contributed by atoms with Gasteiger partial charge in [0.25, 0.3) is 5.91 Å². The van der Waals surface area contributed by atoms with E-state index in [1.165, 1.54) is 19.1 Å². The zero-order valence-electron chi connectivity index (χ0n) is 15.0. The second-order valence-corrected chi connectivity index (χ2v) is 5.89. The van der Waals surface area contributed by atoms with E-state index in [-0.39, 0.29) is 24.4 Å². The summed E-state index contributed by atoms with van der Waals surface area (Å²) in [5, 5.41) is 9.68. The number of ether oxygens (including phenoxy) is 2. The first kappa shape index (κ1) is 18.4. The summed E-state index contributed by atoms with van der Waals surface area (Å²) in [6.07, 6.45) is 3.19. The molecule has 1 aromatic heterocycles. The molecule has 0 spiro atoms. The molecule has 1 N–H and O–H groups in total. The van der Waals surface area contributed by atoms with Crippen LogP contribution in [-0.4, -0.2) is 71.7 Å². The SMILES string of the molecule is COc1cccc(C(=O)N2CCN(c3ncccn3)C[C@H]2C(=O)O)c1OC. The molecule has 1 atom stereocenters. The van der Waals surface area contributed by atoms with Crippen molar-refractivity contribution in [3.05, 3.63) is 42.2 Å². The number of carboxylic acids is 1. The summed E-state index contributed by atoms with van der Waals surface area (Å²) in [7, 11) is 2.92. The van der Waals surface area contributed by atoms with Crippen molar-refractivity contribution in [3.63, 3.8) is 0 Å². The molecule has 9 nitrogen and oxygen atoms in total. The van der Waals surface area contributed by atoms with Gasteiger partial charge in [-0.1, -0.05) is 6.07 Å².